The number of H-pyrrole nitrogens is 1. The predicted octanol–water partition coefficient (Wildman–Crippen LogP) is 2.03. The molecule has 1 fully saturated rings. The Morgan fingerprint density at radius 1 is 1.35 bits per heavy atom. The van der Waals surface area contributed by atoms with E-state index in [0.717, 1.165) is 53.9 Å². The number of hydrogen-bond acceptors (Lipinski definition) is 6. The Kier molecular flexibility index (Phi) is 4.61. The van der Waals surface area contributed by atoms with Crippen LogP contribution in [0.5, 0.6) is 0 Å². The maximum absolute atomic E-state index is 9.94. The van der Waals surface area contributed by atoms with Crippen LogP contribution in [0, 0.1) is 0 Å². The molecule has 0 unspecified atom stereocenters. The molecule has 8 heteroatoms. The molecule has 4 heterocycles. The number of pyridine rings is 1. The maximum Gasteiger partial charge on any atom is 0.376 e. The lowest BCUT2D eigenvalue weighted by Crippen LogP contribution is -2.51. The minimum atomic E-state index is -0.445. The molecular formula is C18H23BN6O. The molecule has 26 heavy (non-hydrogen) atoms. The van der Waals surface area contributed by atoms with Gasteiger partial charge in [-0.3, -0.25) is 0 Å². The number of aromatic nitrogens is 4. The molecule has 3 aromatic heterocycles. The van der Waals surface area contributed by atoms with E-state index in [0.29, 0.717) is 6.04 Å². The van der Waals surface area contributed by atoms with Crippen molar-refractivity contribution >= 4 is 23.8 Å². The van der Waals surface area contributed by atoms with Gasteiger partial charge in [-0.25, -0.2) is 4.98 Å². The first-order valence-electron chi connectivity index (χ1n) is 9.04. The lowest BCUT2D eigenvalue weighted by atomic mass is 9.82. The van der Waals surface area contributed by atoms with Crippen molar-refractivity contribution < 1.29 is 5.02 Å². The number of likely N-dealkylation sites (N-methyl/N-ethyl adjacent to an activating group) is 1. The zero-order valence-corrected chi connectivity index (χ0v) is 15.1. The SMILES string of the molecule is CB(O)N(C)[C@H]1CCCN(c2ccnc3[nH]cc(-c4cccnn4)c23)C1. The molecule has 3 aromatic rings. The number of anilines is 1. The Hall–Kier alpha value is -2.45. The Morgan fingerprint density at radius 2 is 2.23 bits per heavy atom. The van der Waals surface area contributed by atoms with Gasteiger partial charge in [-0.1, -0.05) is 0 Å². The van der Waals surface area contributed by atoms with Crippen LogP contribution in [0.2, 0.25) is 6.82 Å². The van der Waals surface area contributed by atoms with Crippen LogP contribution in [-0.4, -0.2) is 63.2 Å². The molecule has 0 spiro atoms. The van der Waals surface area contributed by atoms with Crippen molar-refractivity contribution in [2.24, 2.45) is 0 Å². The Bertz CT molecular complexity index is 884. The first kappa shape index (κ1) is 17.0. The minimum Gasteiger partial charge on any atom is -0.437 e. The smallest absolute Gasteiger partial charge is 0.376 e. The molecule has 1 atom stereocenters. The average Bonchev–Trinajstić information content (AvgIpc) is 3.12. The summed E-state index contributed by atoms with van der Waals surface area (Å²) in [6.45, 7) is 3.70. The zero-order valence-electron chi connectivity index (χ0n) is 15.1. The molecule has 0 bridgehead atoms. The summed E-state index contributed by atoms with van der Waals surface area (Å²) in [5.41, 5.74) is 3.86. The normalized spacial score (nSPS) is 17.8. The van der Waals surface area contributed by atoms with Crippen molar-refractivity contribution in [3.63, 3.8) is 0 Å². The highest BCUT2D eigenvalue weighted by Gasteiger charge is 2.28. The number of fused-ring (bicyclic) bond motifs is 1. The number of nitrogens with one attached hydrogen (secondary N) is 1. The fraction of sp³-hybridized carbons (Fsp3) is 0.389. The van der Waals surface area contributed by atoms with E-state index in [1.165, 1.54) is 0 Å². The van der Waals surface area contributed by atoms with E-state index < -0.39 is 7.05 Å². The van der Waals surface area contributed by atoms with Crippen molar-refractivity contribution in [3.8, 4) is 11.3 Å². The van der Waals surface area contributed by atoms with E-state index in [4.69, 9.17) is 0 Å². The van der Waals surface area contributed by atoms with Crippen molar-refractivity contribution in [3.05, 3.63) is 36.8 Å². The largest absolute Gasteiger partial charge is 0.437 e. The van der Waals surface area contributed by atoms with Gasteiger partial charge in [-0.2, -0.15) is 10.2 Å². The van der Waals surface area contributed by atoms with Gasteiger partial charge in [-0.05, 0) is 44.9 Å². The molecule has 2 N–H and O–H groups in total. The lowest BCUT2D eigenvalue weighted by molar-refractivity contribution is 0.291. The lowest BCUT2D eigenvalue weighted by Gasteiger charge is -2.39. The Morgan fingerprint density at radius 3 is 3.00 bits per heavy atom. The van der Waals surface area contributed by atoms with Crippen LogP contribution in [0.4, 0.5) is 5.69 Å². The average molecular weight is 350 g/mol. The van der Waals surface area contributed by atoms with Crippen LogP contribution in [-0.2, 0) is 0 Å². The number of piperidine rings is 1. The zero-order chi connectivity index (χ0) is 18.1. The van der Waals surface area contributed by atoms with Gasteiger partial charge in [0.2, 0.25) is 0 Å². The Labute approximate surface area is 153 Å². The van der Waals surface area contributed by atoms with Gasteiger partial charge in [0.15, 0.2) is 0 Å². The molecule has 0 saturated carbocycles. The first-order chi connectivity index (χ1) is 12.6. The highest BCUT2D eigenvalue weighted by atomic mass is 16.2. The quantitative estimate of drug-likeness (QED) is 0.701. The molecule has 0 amide bonds. The van der Waals surface area contributed by atoms with Crippen LogP contribution < -0.4 is 4.90 Å². The minimum absolute atomic E-state index is 0.325. The first-order valence-corrected chi connectivity index (χ1v) is 9.04. The summed E-state index contributed by atoms with van der Waals surface area (Å²) in [4.78, 5) is 12.2. The van der Waals surface area contributed by atoms with Gasteiger partial charge in [0, 0.05) is 43.3 Å². The van der Waals surface area contributed by atoms with Crippen LogP contribution in [0.1, 0.15) is 12.8 Å². The molecule has 1 aliphatic rings. The molecular weight excluding hydrogens is 327 g/mol. The van der Waals surface area contributed by atoms with Gasteiger partial charge < -0.3 is 19.7 Å². The maximum atomic E-state index is 9.94. The second kappa shape index (κ2) is 7.05. The molecule has 1 saturated heterocycles. The molecule has 1 aliphatic heterocycles. The van der Waals surface area contributed by atoms with E-state index in [1.54, 1.807) is 6.20 Å². The van der Waals surface area contributed by atoms with Crippen molar-refractivity contribution in [1.29, 1.82) is 0 Å². The molecule has 0 aromatic carbocycles. The predicted molar refractivity (Wildman–Crippen MR) is 104 cm³/mol. The van der Waals surface area contributed by atoms with Crippen LogP contribution in [0.15, 0.2) is 36.8 Å². The highest BCUT2D eigenvalue weighted by Crippen LogP contribution is 2.35. The molecule has 0 aliphatic carbocycles. The summed E-state index contributed by atoms with van der Waals surface area (Å²) in [6.07, 6.45) is 7.66. The number of rotatable bonds is 4. The van der Waals surface area contributed by atoms with Gasteiger partial charge in [-0.15, -0.1) is 0 Å². The third kappa shape index (κ3) is 3.06. The number of hydrogen-bond donors (Lipinski definition) is 2. The third-order valence-corrected chi connectivity index (χ3v) is 5.30. The van der Waals surface area contributed by atoms with Crippen LogP contribution in [0.3, 0.4) is 0 Å². The summed E-state index contributed by atoms with van der Waals surface area (Å²) in [7, 11) is 1.54. The summed E-state index contributed by atoms with van der Waals surface area (Å²) >= 11 is 0. The highest BCUT2D eigenvalue weighted by molar-refractivity contribution is 6.45. The number of nitrogens with zero attached hydrogens (tertiary/aromatic N) is 5. The fourth-order valence-electron chi connectivity index (χ4n) is 3.76. The number of aromatic amines is 1. The van der Waals surface area contributed by atoms with Crippen LogP contribution in [0.25, 0.3) is 22.3 Å². The summed E-state index contributed by atoms with van der Waals surface area (Å²) in [5, 5.41) is 19.3. The summed E-state index contributed by atoms with van der Waals surface area (Å²) < 4.78 is 0. The second-order valence-corrected chi connectivity index (χ2v) is 6.90. The standard InChI is InChI=1S/C18H23BN6O/c1-19(26)24(2)13-5-4-10-25(12-13)16-7-9-20-18-17(16)14(11-21-18)15-6-3-8-22-23-15/h3,6-9,11,13,26H,4-5,10,12H2,1-2H3,(H,20,21)/t13-/m0/s1. The fourth-order valence-corrected chi connectivity index (χ4v) is 3.76. The van der Waals surface area contributed by atoms with E-state index in [1.807, 2.05) is 43.2 Å². The summed E-state index contributed by atoms with van der Waals surface area (Å²) in [5.74, 6) is 0. The second-order valence-electron chi connectivity index (χ2n) is 6.90. The molecule has 7 nitrogen and oxygen atoms in total. The van der Waals surface area contributed by atoms with Crippen molar-refractivity contribution in [2.45, 2.75) is 25.7 Å². The topological polar surface area (TPSA) is 81.2 Å². The van der Waals surface area contributed by atoms with E-state index in [-0.39, 0.29) is 0 Å². The monoisotopic (exact) mass is 350 g/mol. The van der Waals surface area contributed by atoms with Crippen molar-refractivity contribution in [1.82, 2.24) is 25.0 Å². The Balaban J connectivity index is 1.74. The summed E-state index contributed by atoms with van der Waals surface area (Å²) in [6, 6.07) is 6.25. The molecule has 134 valence electrons. The van der Waals surface area contributed by atoms with Crippen molar-refractivity contribution in [2.75, 3.05) is 25.0 Å². The van der Waals surface area contributed by atoms with E-state index in [9.17, 15) is 5.02 Å². The van der Waals surface area contributed by atoms with Gasteiger partial charge in [0.05, 0.1) is 16.8 Å². The molecule has 0 radical (unpaired) electrons. The van der Waals surface area contributed by atoms with Gasteiger partial charge >= 0.3 is 7.05 Å². The molecule has 4 rings (SSSR count). The van der Waals surface area contributed by atoms with Gasteiger partial charge in [0.1, 0.15) is 5.65 Å². The van der Waals surface area contributed by atoms with E-state index >= 15 is 0 Å². The van der Waals surface area contributed by atoms with Gasteiger partial charge in [0.25, 0.3) is 0 Å². The van der Waals surface area contributed by atoms with E-state index in [2.05, 4.69) is 31.1 Å². The van der Waals surface area contributed by atoms with Crippen LogP contribution >= 0.6 is 0 Å². The third-order valence-electron chi connectivity index (χ3n) is 5.30.